The normalized spacial score (nSPS) is 15.5. The number of imidazole rings is 1. The third kappa shape index (κ3) is 3.04. The standard InChI is InChI=1S/C13H13Cl3N4O2/c14-13(15,16)11(21)17-9-5-7-8(19-12(22)18-7)6-10(9)20-3-1-2-4-20/h5-6H,1-4H2,(H,17,21)(H2,18,19,22). The lowest BCUT2D eigenvalue weighted by atomic mass is 10.2. The molecule has 1 aliphatic heterocycles. The van der Waals surface area contributed by atoms with Gasteiger partial charge in [-0.1, -0.05) is 34.8 Å². The summed E-state index contributed by atoms with van der Waals surface area (Å²) in [6, 6.07) is 3.47. The maximum Gasteiger partial charge on any atom is 0.323 e. The predicted octanol–water partition coefficient (Wildman–Crippen LogP) is 2.77. The minimum atomic E-state index is -2.05. The minimum Gasteiger partial charge on any atom is -0.370 e. The fourth-order valence-electron chi connectivity index (χ4n) is 2.58. The van der Waals surface area contributed by atoms with Crippen molar-refractivity contribution in [2.75, 3.05) is 23.3 Å². The number of hydrogen-bond acceptors (Lipinski definition) is 3. The first-order valence-electron chi connectivity index (χ1n) is 6.74. The molecule has 0 saturated carbocycles. The van der Waals surface area contributed by atoms with Gasteiger partial charge in [0.1, 0.15) is 0 Å². The van der Waals surface area contributed by atoms with E-state index >= 15 is 0 Å². The van der Waals surface area contributed by atoms with E-state index in [1.165, 1.54) is 0 Å². The zero-order chi connectivity index (χ0) is 15.9. The Morgan fingerprint density at radius 1 is 1.14 bits per heavy atom. The smallest absolute Gasteiger partial charge is 0.323 e. The summed E-state index contributed by atoms with van der Waals surface area (Å²) in [5.74, 6) is -0.741. The summed E-state index contributed by atoms with van der Waals surface area (Å²) >= 11 is 16.8. The molecule has 0 spiro atoms. The molecule has 6 nitrogen and oxygen atoms in total. The molecule has 1 aromatic carbocycles. The van der Waals surface area contributed by atoms with Gasteiger partial charge in [0.05, 0.1) is 22.4 Å². The molecule has 3 rings (SSSR count). The van der Waals surface area contributed by atoms with Crippen molar-refractivity contribution in [3.05, 3.63) is 22.6 Å². The maximum atomic E-state index is 11.9. The molecule has 1 aromatic heterocycles. The molecule has 118 valence electrons. The lowest BCUT2D eigenvalue weighted by Gasteiger charge is -2.22. The molecule has 0 bridgehead atoms. The van der Waals surface area contributed by atoms with Crippen molar-refractivity contribution < 1.29 is 4.79 Å². The molecule has 1 amide bonds. The summed E-state index contributed by atoms with van der Waals surface area (Å²) in [4.78, 5) is 30.9. The van der Waals surface area contributed by atoms with Crippen molar-refractivity contribution in [1.29, 1.82) is 0 Å². The van der Waals surface area contributed by atoms with Crippen molar-refractivity contribution in [2.45, 2.75) is 16.6 Å². The van der Waals surface area contributed by atoms with E-state index in [0.29, 0.717) is 16.7 Å². The van der Waals surface area contributed by atoms with Gasteiger partial charge >= 0.3 is 5.69 Å². The Hall–Kier alpha value is -1.37. The van der Waals surface area contributed by atoms with Gasteiger partial charge in [-0.25, -0.2) is 4.79 Å². The lowest BCUT2D eigenvalue weighted by Crippen LogP contribution is -2.28. The van der Waals surface area contributed by atoms with Crippen LogP contribution in [0, 0.1) is 0 Å². The average molecular weight is 364 g/mol. The van der Waals surface area contributed by atoms with Gasteiger partial charge in [-0.2, -0.15) is 0 Å². The summed E-state index contributed by atoms with van der Waals surface area (Å²) in [6.45, 7) is 1.74. The number of nitrogens with one attached hydrogen (secondary N) is 3. The van der Waals surface area contributed by atoms with Crippen LogP contribution in [0.4, 0.5) is 11.4 Å². The third-order valence-corrected chi connectivity index (χ3v) is 4.10. The van der Waals surface area contributed by atoms with Crippen molar-refractivity contribution in [3.63, 3.8) is 0 Å². The van der Waals surface area contributed by atoms with E-state index in [4.69, 9.17) is 34.8 Å². The van der Waals surface area contributed by atoms with Crippen molar-refractivity contribution in [2.24, 2.45) is 0 Å². The zero-order valence-corrected chi connectivity index (χ0v) is 13.6. The highest BCUT2D eigenvalue weighted by molar-refractivity contribution is 6.76. The number of rotatable bonds is 2. The highest BCUT2D eigenvalue weighted by Crippen LogP contribution is 2.34. The van der Waals surface area contributed by atoms with E-state index in [2.05, 4.69) is 20.2 Å². The molecule has 1 aliphatic rings. The lowest BCUT2D eigenvalue weighted by molar-refractivity contribution is -0.115. The van der Waals surface area contributed by atoms with Gasteiger partial charge in [-0.3, -0.25) is 4.79 Å². The molecule has 0 aliphatic carbocycles. The Morgan fingerprint density at radius 3 is 2.32 bits per heavy atom. The summed E-state index contributed by atoms with van der Waals surface area (Å²) in [5.41, 5.74) is 2.22. The second-order valence-corrected chi connectivity index (χ2v) is 7.42. The number of H-pyrrole nitrogens is 2. The highest BCUT2D eigenvalue weighted by atomic mass is 35.6. The molecule has 2 heterocycles. The van der Waals surface area contributed by atoms with Crippen LogP contribution < -0.4 is 15.9 Å². The van der Waals surface area contributed by atoms with Crippen LogP contribution in [0.5, 0.6) is 0 Å². The zero-order valence-electron chi connectivity index (χ0n) is 11.4. The largest absolute Gasteiger partial charge is 0.370 e. The molecule has 0 radical (unpaired) electrons. The summed E-state index contributed by atoms with van der Waals surface area (Å²) < 4.78 is -2.05. The number of carbonyl (C=O) groups excluding carboxylic acids is 1. The number of alkyl halides is 3. The Morgan fingerprint density at radius 2 is 1.73 bits per heavy atom. The van der Waals surface area contributed by atoms with Crippen molar-refractivity contribution in [3.8, 4) is 0 Å². The first kappa shape index (κ1) is 15.5. The van der Waals surface area contributed by atoms with Crippen LogP contribution in [0.1, 0.15) is 12.8 Å². The maximum absolute atomic E-state index is 11.9. The quantitative estimate of drug-likeness (QED) is 0.718. The van der Waals surface area contributed by atoms with Crippen LogP contribution >= 0.6 is 34.8 Å². The van der Waals surface area contributed by atoms with E-state index in [1.807, 2.05) is 6.07 Å². The van der Waals surface area contributed by atoms with Crippen LogP contribution in [-0.2, 0) is 4.79 Å². The fraction of sp³-hybridized carbons (Fsp3) is 0.385. The molecule has 2 aromatic rings. The number of amides is 1. The predicted molar refractivity (Wildman–Crippen MR) is 89.3 cm³/mol. The van der Waals surface area contributed by atoms with Crippen LogP contribution in [-0.4, -0.2) is 32.8 Å². The highest BCUT2D eigenvalue weighted by Gasteiger charge is 2.31. The minimum absolute atomic E-state index is 0.313. The van der Waals surface area contributed by atoms with Crippen LogP contribution in [0.25, 0.3) is 11.0 Å². The Labute approximate surface area is 140 Å². The Kier molecular flexibility index (Phi) is 4.01. The molecule has 1 fully saturated rings. The molecule has 3 N–H and O–H groups in total. The number of anilines is 2. The van der Waals surface area contributed by atoms with Crippen LogP contribution in [0.2, 0.25) is 0 Å². The first-order valence-corrected chi connectivity index (χ1v) is 7.87. The molecular formula is C13H13Cl3N4O2. The second kappa shape index (κ2) is 5.68. The summed E-state index contributed by atoms with van der Waals surface area (Å²) in [5, 5.41) is 2.62. The van der Waals surface area contributed by atoms with E-state index in [-0.39, 0.29) is 5.69 Å². The van der Waals surface area contributed by atoms with Gasteiger partial charge in [-0.05, 0) is 25.0 Å². The van der Waals surface area contributed by atoms with Crippen molar-refractivity contribution >= 4 is 63.1 Å². The number of nitrogens with zero attached hydrogens (tertiary/aromatic N) is 1. The molecule has 22 heavy (non-hydrogen) atoms. The van der Waals surface area contributed by atoms with Gasteiger partial charge in [0.25, 0.3) is 9.70 Å². The molecule has 0 atom stereocenters. The van der Waals surface area contributed by atoms with Crippen LogP contribution in [0.3, 0.4) is 0 Å². The molecule has 9 heteroatoms. The van der Waals surface area contributed by atoms with Crippen molar-refractivity contribution in [1.82, 2.24) is 9.97 Å². The van der Waals surface area contributed by atoms with Crippen LogP contribution in [0.15, 0.2) is 16.9 Å². The van der Waals surface area contributed by atoms with Gasteiger partial charge in [0.2, 0.25) is 0 Å². The fourth-order valence-corrected chi connectivity index (χ4v) is 2.73. The monoisotopic (exact) mass is 362 g/mol. The number of aromatic nitrogens is 2. The third-order valence-electron chi connectivity index (χ3n) is 3.58. The number of benzene rings is 1. The van der Waals surface area contributed by atoms with Gasteiger partial charge < -0.3 is 20.2 Å². The number of fused-ring (bicyclic) bond motifs is 1. The van der Waals surface area contributed by atoms with E-state index < -0.39 is 9.70 Å². The number of hydrogen-bond donors (Lipinski definition) is 3. The molecular weight excluding hydrogens is 351 g/mol. The average Bonchev–Trinajstić information content (AvgIpc) is 3.04. The number of carbonyl (C=O) groups is 1. The van der Waals surface area contributed by atoms with E-state index in [1.54, 1.807) is 6.07 Å². The second-order valence-electron chi connectivity index (χ2n) is 5.14. The number of aromatic amines is 2. The summed E-state index contributed by atoms with van der Waals surface area (Å²) in [6.07, 6.45) is 2.14. The first-order chi connectivity index (χ1) is 10.3. The molecule has 1 saturated heterocycles. The number of halogens is 3. The van der Waals surface area contributed by atoms with Gasteiger partial charge in [-0.15, -0.1) is 0 Å². The molecule has 0 unspecified atom stereocenters. The summed E-state index contributed by atoms with van der Waals surface area (Å²) in [7, 11) is 0. The van der Waals surface area contributed by atoms with E-state index in [9.17, 15) is 9.59 Å². The van der Waals surface area contributed by atoms with Gasteiger partial charge in [0.15, 0.2) is 0 Å². The van der Waals surface area contributed by atoms with Gasteiger partial charge in [0, 0.05) is 13.1 Å². The SMILES string of the molecule is O=C(Nc1cc2[nH]c(=O)[nH]c2cc1N1CCCC1)C(Cl)(Cl)Cl. The Bertz CT molecular complexity index is 772. The Balaban J connectivity index is 2.06. The topological polar surface area (TPSA) is 81.0 Å². The van der Waals surface area contributed by atoms with E-state index in [0.717, 1.165) is 31.6 Å².